The molecule has 0 spiro atoms. The van der Waals surface area contributed by atoms with Crippen LogP contribution >= 0.6 is 0 Å². The zero-order valence-corrected chi connectivity index (χ0v) is 23.1. The summed E-state index contributed by atoms with van der Waals surface area (Å²) in [5.74, 6) is 0.647. The molecule has 0 aliphatic carbocycles. The first kappa shape index (κ1) is 29.5. The van der Waals surface area contributed by atoms with E-state index in [1.165, 1.54) is 44.9 Å². The molecule has 0 aliphatic heterocycles. The van der Waals surface area contributed by atoms with Crippen LogP contribution in [0.2, 0.25) is 0 Å². The van der Waals surface area contributed by atoms with Gasteiger partial charge in [0.1, 0.15) is 5.75 Å². The Morgan fingerprint density at radius 2 is 1.21 bits per heavy atom. The second-order valence-corrected chi connectivity index (χ2v) is 12.4. The standard InChI is InChI=1S/C30H52O3/c1-22(2)18-16-14-12-10-11-13-15-17-19-33-28(32)23(3)24-20-25(29(4,5)6)27(31)26(21-24)30(7,8)9/h20-23,31H,10-19H2,1-9H3. The van der Waals surface area contributed by atoms with Crippen LogP contribution in [0.1, 0.15) is 143 Å². The maximum Gasteiger partial charge on any atom is 0.313 e. The van der Waals surface area contributed by atoms with Crippen LogP contribution in [-0.2, 0) is 20.4 Å². The third kappa shape index (κ3) is 10.5. The van der Waals surface area contributed by atoms with E-state index >= 15 is 0 Å². The molecular weight excluding hydrogens is 408 g/mol. The van der Waals surface area contributed by atoms with Crippen LogP contribution in [0, 0.1) is 5.92 Å². The first-order valence-corrected chi connectivity index (χ1v) is 13.3. The van der Waals surface area contributed by atoms with E-state index in [1.807, 2.05) is 19.1 Å². The van der Waals surface area contributed by atoms with Crippen LogP contribution in [0.3, 0.4) is 0 Å². The lowest BCUT2D eigenvalue weighted by atomic mass is 9.77. The van der Waals surface area contributed by atoms with Crippen molar-refractivity contribution in [2.75, 3.05) is 6.61 Å². The summed E-state index contributed by atoms with van der Waals surface area (Å²) >= 11 is 0. The van der Waals surface area contributed by atoms with Crippen molar-refractivity contribution in [3.63, 3.8) is 0 Å². The highest BCUT2D eigenvalue weighted by molar-refractivity contribution is 5.78. The lowest BCUT2D eigenvalue weighted by Crippen LogP contribution is -2.20. The van der Waals surface area contributed by atoms with Crippen molar-refractivity contribution >= 4 is 5.97 Å². The number of phenolic OH excluding ortho intramolecular Hbond substituents is 1. The van der Waals surface area contributed by atoms with E-state index in [0.29, 0.717) is 12.4 Å². The Morgan fingerprint density at radius 1 is 0.788 bits per heavy atom. The highest BCUT2D eigenvalue weighted by Gasteiger charge is 2.29. The van der Waals surface area contributed by atoms with Crippen molar-refractivity contribution in [1.29, 1.82) is 0 Å². The highest BCUT2D eigenvalue weighted by Crippen LogP contribution is 2.41. The quantitative estimate of drug-likeness (QED) is 0.236. The van der Waals surface area contributed by atoms with Crippen LogP contribution in [0.5, 0.6) is 5.75 Å². The van der Waals surface area contributed by atoms with E-state index in [1.54, 1.807) is 0 Å². The molecule has 1 rings (SSSR count). The van der Waals surface area contributed by atoms with Crippen LogP contribution < -0.4 is 0 Å². The van der Waals surface area contributed by atoms with E-state index < -0.39 is 0 Å². The number of hydrogen-bond donors (Lipinski definition) is 1. The molecule has 0 aliphatic rings. The number of benzene rings is 1. The highest BCUT2D eigenvalue weighted by atomic mass is 16.5. The maximum atomic E-state index is 12.7. The van der Waals surface area contributed by atoms with Crippen LogP contribution in [0.15, 0.2) is 12.1 Å². The van der Waals surface area contributed by atoms with Crippen LogP contribution in [-0.4, -0.2) is 17.7 Å². The van der Waals surface area contributed by atoms with Gasteiger partial charge < -0.3 is 9.84 Å². The number of aromatic hydroxyl groups is 1. The third-order valence-corrected chi connectivity index (χ3v) is 6.52. The predicted octanol–water partition coefficient (Wildman–Crippen LogP) is 8.80. The monoisotopic (exact) mass is 460 g/mol. The molecule has 0 radical (unpaired) electrons. The first-order valence-electron chi connectivity index (χ1n) is 13.3. The number of esters is 1. The maximum absolute atomic E-state index is 12.7. The van der Waals surface area contributed by atoms with Gasteiger partial charge in [0.2, 0.25) is 0 Å². The van der Waals surface area contributed by atoms with Gasteiger partial charge in [-0.15, -0.1) is 0 Å². The molecule has 3 heteroatoms. The minimum Gasteiger partial charge on any atom is -0.507 e. The Morgan fingerprint density at radius 3 is 1.64 bits per heavy atom. The second-order valence-electron chi connectivity index (χ2n) is 12.4. The molecule has 1 N–H and O–H groups in total. The average molecular weight is 461 g/mol. The summed E-state index contributed by atoms with van der Waals surface area (Å²) < 4.78 is 5.62. The third-order valence-electron chi connectivity index (χ3n) is 6.52. The van der Waals surface area contributed by atoms with E-state index in [4.69, 9.17) is 4.74 Å². The molecule has 0 amide bonds. The molecule has 1 unspecified atom stereocenters. The van der Waals surface area contributed by atoms with Crippen molar-refractivity contribution < 1.29 is 14.6 Å². The van der Waals surface area contributed by atoms with Gasteiger partial charge in [0.05, 0.1) is 12.5 Å². The van der Waals surface area contributed by atoms with Crippen LogP contribution in [0.25, 0.3) is 0 Å². The molecule has 1 atom stereocenters. The minimum absolute atomic E-state index is 0.175. The van der Waals surface area contributed by atoms with Gasteiger partial charge >= 0.3 is 5.97 Å². The molecular formula is C30H52O3. The number of unbranched alkanes of at least 4 members (excludes halogenated alkanes) is 7. The zero-order chi connectivity index (χ0) is 25.2. The van der Waals surface area contributed by atoms with Crippen LogP contribution in [0.4, 0.5) is 0 Å². The SMILES string of the molecule is CC(C)CCCCCCCCCCOC(=O)C(C)c1cc(C(C)(C)C)c(O)c(C(C)(C)C)c1. The summed E-state index contributed by atoms with van der Waals surface area (Å²) in [6, 6.07) is 3.97. The molecule has 0 aromatic heterocycles. The zero-order valence-electron chi connectivity index (χ0n) is 23.1. The Hall–Kier alpha value is -1.51. The average Bonchev–Trinajstić information content (AvgIpc) is 2.69. The van der Waals surface area contributed by atoms with E-state index in [9.17, 15) is 9.90 Å². The van der Waals surface area contributed by atoms with E-state index in [-0.39, 0.29) is 22.7 Å². The summed E-state index contributed by atoms with van der Waals surface area (Å²) in [6.07, 6.45) is 11.3. The molecule has 0 heterocycles. The van der Waals surface area contributed by atoms with Gasteiger partial charge in [-0.3, -0.25) is 4.79 Å². The number of carbonyl (C=O) groups is 1. The van der Waals surface area contributed by atoms with E-state index in [0.717, 1.165) is 35.4 Å². The Balaban J connectivity index is 2.52. The topological polar surface area (TPSA) is 46.5 Å². The molecule has 0 saturated carbocycles. The van der Waals surface area contributed by atoms with Crippen molar-refractivity contribution in [1.82, 2.24) is 0 Å². The number of phenols is 1. The summed E-state index contributed by atoms with van der Waals surface area (Å²) in [6.45, 7) is 19.5. The van der Waals surface area contributed by atoms with Crippen molar-refractivity contribution in [2.45, 2.75) is 137 Å². The first-order chi connectivity index (χ1) is 15.2. The molecule has 1 aromatic carbocycles. The van der Waals surface area contributed by atoms with Gasteiger partial charge in [-0.2, -0.15) is 0 Å². The summed E-state index contributed by atoms with van der Waals surface area (Å²) in [5.41, 5.74) is 2.27. The van der Waals surface area contributed by atoms with Gasteiger partial charge in [-0.05, 0) is 46.8 Å². The Bertz CT molecular complexity index is 684. The van der Waals surface area contributed by atoms with Gasteiger partial charge in [-0.1, -0.05) is 119 Å². The molecule has 0 bridgehead atoms. The minimum atomic E-state index is -0.348. The number of ether oxygens (including phenoxy) is 1. The van der Waals surface area contributed by atoms with Gasteiger partial charge in [0, 0.05) is 0 Å². The summed E-state index contributed by atoms with van der Waals surface area (Å²) in [7, 11) is 0. The largest absolute Gasteiger partial charge is 0.507 e. The lowest BCUT2D eigenvalue weighted by Gasteiger charge is -2.29. The van der Waals surface area contributed by atoms with Crippen molar-refractivity contribution in [3.8, 4) is 5.75 Å². The molecule has 0 fully saturated rings. The predicted molar refractivity (Wildman–Crippen MR) is 141 cm³/mol. The van der Waals surface area contributed by atoms with Gasteiger partial charge in [0.15, 0.2) is 0 Å². The molecule has 190 valence electrons. The fourth-order valence-electron chi connectivity index (χ4n) is 4.20. The smallest absolute Gasteiger partial charge is 0.313 e. The number of carbonyl (C=O) groups excluding carboxylic acids is 1. The molecule has 33 heavy (non-hydrogen) atoms. The molecule has 0 saturated heterocycles. The summed E-state index contributed by atoms with van der Waals surface area (Å²) in [4.78, 5) is 12.7. The number of hydrogen-bond acceptors (Lipinski definition) is 3. The lowest BCUT2D eigenvalue weighted by molar-refractivity contribution is -0.145. The Kier molecular flexibility index (Phi) is 12.0. The molecule has 3 nitrogen and oxygen atoms in total. The van der Waals surface area contributed by atoms with E-state index in [2.05, 4.69) is 55.4 Å². The Labute approximate surface area is 204 Å². The summed E-state index contributed by atoms with van der Waals surface area (Å²) in [5, 5.41) is 10.9. The fourth-order valence-corrected chi connectivity index (χ4v) is 4.20. The van der Waals surface area contributed by atoms with Gasteiger partial charge in [-0.25, -0.2) is 0 Å². The molecule has 1 aromatic rings. The van der Waals surface area contributed by atoms with Gasteiger partial charge in [0.25, 0.3) is 0 Å². The normalized spacial score (nSPS) is 13.4. The number of rotatable bonds is 13. The second kappa shape index (κ2) is 13.4. The fraction of sp³-hybridized carbons (Fsp3) is 0.767. The van der Waals surface area contributed by atoms with Crippen molar-refractivity contribution in [2.24, 2.45) is 5.92 Å². The van der Waals surface area contributed by atoms with Crippen molar-refractivity contribution in [3.05, 3.63) is 28.8 Å².